The standard InChI is InChI=1S/C35H60O3/c1-8-9-10-11-12-13-14-15-16-17-18-19-20-21-22-23-26-38-32(36)25-24-29-27-30(34(2,3)4)33(37)31(28-29)35(5,6)7/h15-16,27-28,37H,8-14,17-26H2,1-7H3/b16-15+. The van der Waals surface area contributed by atoms with E-state index in [1.54, 1.807) is 0 Å². The summed E-state index contributed by atoms with van der Waals surface area (Å²) in [6.45, 7) is 15.5. The van der Waals surface area contributed by atoms with Gasteiger partial charge in [0, 0.05) is 6.42 Å². The van der Waals surface area contributed by atoms with Crippen LogP contribution in [0.1, 0.15) is 161 Å². The van der Waals surface area contributed by atoms with Crippen LogP contribution in [0.3, 0.4) is 0 Å². The van der Waals surface area contributed by atoms with Crippen molar-refractivity contribution in [3.05, 3.63) is 41.0 Å². The quantitative estimate of drug-likeness (QED) is 0.110. The van der Waals surface area contributed by atoms with Crippen molar-refractivity contribution in [3.63, 3.8) is 0 Å². The van der Waals surface area contributed by atoms with Gasteiger partial charge >= 0.3 is 5.97 Å². The first kappa shape index (κ1) is 34.3. The van der Waals surface area contributed by atoms with E-state index in [4.69, 9.17) is 4.74 Å². The molecule has 0 radical (unpaired) electrons. The Morgan fingerprint density at radius 3 is 1.66 bits per heavy atom. The van der Waals surface area contributed by atoms with E-state index in [-0.39, 0.29) is 16.8 Å². The topological polar surface area (TPSA) is 46.5 Å². The van der Waals surface area contributed by atoms with Gasteiger partial charge in [0.05, 0.1) is 6.61 Å². The minimum absolute atomic E-state index is 0.125. The molecule has 0 aromatic heterocycles. The Labute approximate surface area is 235 Å². The number of carbonyl (C=O) groups is 1. The fourth-order valence-corrected chi connectivity index (χ4v) is 4.84. The summed E-state index contributed by atoms with van der Waals surface area (Å²) < 4.78 is 5.50. The molecule has 1 rings (SSSR count). The van der Waals surface area contributed by atoms with Gasteiger partial charge in [0.15, 0.2) is 0 Å². The van der Waals surface area contributed by atoms with Crippen LogP contribution in [-0.4, -0.2) is 17.7 Å². The molecule has 1 N–H and O–H groups in total. The maximum absolute atomic E-state index is 12.3. The predicted molar refractivity (Wildman–Crippen MR) is 164 cm³/mol. The highest BCUT2D eigenvalue weighted by molar-refractivity contribution is 5.69. The minimum Gasteiger partial charge on any atom is -0.507 e. The summed E-state index contributed by atoms with van der Waals surface area (Å²) in [5, 5.41) is 10.9. The molecule has 0 saturated heterocycles. The zero-order chi connectivity index (χ0) is 28.4. The molecule has 218 valence electrons. The van der Waals surface area contributed by atoms with Crippen LogP contribution >= 0.6 is 0 Å². The minimum atomic E-state index is -0.162. The van der Waals surface area contributed by atoms with Crippen molar-refractivity contribution >= 4 is 5.97 Å². The van der Waals surface area contributed by atoms with E-state index in [2.05, 4.69) is 72.8 Å². The Bertz CT molecular complexity index is 772. The van der Waals surface area contributed by atoms with E-state index < -0.39 is 0 Å². The zero-order valence-corrected chi connectivity index (χ0v) is 26.1. The first-order chi connectivity index (χ1) is 18.0. The lowest BCUT2D eigenvalue weighted by Gasteiger charge is -2.28. The van der Waals surface area contributed by atoms with Crippen molar-refractivity contribution in [2.75, 3.05) is 6.61 Å². The van der Waals surface area contributed by atoms with Crippen LogP contribution in [0.5, 0.6) is 5.75 Å². The van der Waals surface area contributed by atoms with Crippen molar-refractivity contribution in [1.82, 2.24) is 0 Å². The number of benzene rings is 1. The van der Waals surface area contributed by atoms with Crippen LogP contribution in [0.4, 0.5) is 0 Å². The second-order valence-electron chi connectivity index (χ2n) is 13.2. The average Bonchev–Trinajstić information content (AvgIpc) is 2.83. The number of allylic oxidation sites excluding steroid dienone is 2. The van der Waals surface area contributed by atoms with Gasteiger partial charge in [-0.2, -0.15) is 0 Å². The number of ether oxygens (including phenoxy) is 1. The van der Waals surface area contributed by atoms with Crippen molar-refractivity contribution in [3.8, 4) is 5.75 Å². The zero-order valence-electron chi connectivity index (χ0n) is 26.1. The Morgan fingerprint density at radius 1 is 0.737 bits per heavy atom. The van der Waals surface area contributed by atoms with Crippen LogP contribution in [0.15, 0.2) is 24.3 Å². The lowest BCUT2D eigenvalue weighted by molar-refractivity contribution is -0.143. The third kappa shape index (κ3) is 15.0. The number of hydrogen-bond donors (Lipinski definition) is 1. The number of carbonyl (C=O) groups excluding carboxylic acids is 1. The van der Waals surface area contributed by atoms with Gasteiger partial charge in [-0.05, 0) is 66.0 Å². The third-order valence-electron chi connectivity index (χ3n) is 7.32. The fourth-order valence-electron chi connectivity index (χ4n) is 4.84. The summed E-state index contributed by atoms with van der Waals surface area (Å²) in [7, 11) is 0. The number of aromatic hydroxyl groups is 1. The van der Waals surface area contributed by atoms with E-state index in [0.717, 1.165) is 29.5 Å². The average molecular weight is 529 g/mol. The van der Waals surface area contributed by atoms with Crippen LogP contribution in [0.2, 0.25) is 0 Å². The molecule has 0 saturated carbocycles. The fraction of sp³-hybridized carbons (Fsp3) is 0.743. The van der Waals surface area contributed by atoms with Crippen LogP contribution in [-0.2, 0) is 26.8 Å². The van der Waals surface area contributed by atoms with Gasteiger partial charge in [0.25, 0.3) is 0 Å². The molecule has 3 heteroatoms. The van der Waals surface area contributed by atoms with Crippen molar-refractivity contribution in [2.45, 2.75) is 162 Å². The molecule has 0 bridgehead atoms. The molecule has 0 unspecified atom stereocenters. The molecule has 0 fully saturated rings. The highest BCUT2D eigenvalue weighted by atomic mass is 16.5. The predicted octanol–water partition coefficient (Wildman–Crippen LogP) is 10.5. The molecule has 1 aromatic carbocycles. The molecule has 0 aliphatic carbocycles. The molecule has 0 spiro atoms. The monoisotopic (exact) mass is 528 g/mol. The molecule has 0 atom stereocenters. The number of phenolic OH excluding ortho intramolecular Hbond substituents is 1. The maximum atomic E-state index is 12.3. The number of aryl methyl sites for hydroxylation is 1. The molecule has 0 heterocycles. The largest absolute Gasteiger partial charge is 0.507 e. The Kier molecular flexibility index (Phi) is 16.7. The molecular formula is C35H60O3. The Morgan fingerprint density at radius 2 is 1.18 bits per heavy atom. The molecule has 0 aliphatic heterocycles. The smallest absolute Gasteiger partial charge is 0.306 e. The van der Waals surface area contributed by atoms with Crippen molar-refractivity contribution in [2.24, 2.45) is 0 Å². The van der Waals surface area contributed by atoms with Gasteiger partial charge in [-0.15, -0.1) is 0 Å². The van der Waals surface area contributed by atoms with Crippen LogP contribution in [0, 0.1) is 0 Å². The number of hydrogen-bond acceptors (Lipinski definition) is 3. The number of phenols is 1. The van der Waals surface area contributed by atoms with Gasteiger partial charge in [0.1, 0.15) is 5.75 Å². The summed E-state index contributed by atoms with van der Waals surface area (Å²) in [5.74, 6) is 0.261. The molecule has 38 heavy (non-hydrogen) atoms. The Hall–Kier alpha value is -1.77. The summed E-state index contributed by atoms with van der Waals surface area (Å²) >= 11 is 0. The third-order valence-corrected chi connectivity index (χ3v) is 7.32. The summed E-state index contributed by atoms with van der Waals surface area (Å²) in [6.07, 6.45) is 23.6. The first-order valence-electron chi connectivity index (χ1n) is 15.6. The molecule has 3 nitrogen and oxygen atoms in total. The normalized spacial score (nSPS) is 12.4. The van der Waals surface area contributed by atoms with Crippen molar-refractivity contribution < 1.29 is 14.6 Å². The van der Waals surface area contributed by atoms with Crippen LogP contribution < -0.4 is 0 Å². The molecule has 0 aliphatic rings. The highest BCUT2D eigenvalue weighted by Gasteiger charge is 2.26. The second kappa shape index (κ2) is 18.5. The highest BCUT2D eigenvalue weighted by Crippen LogP contribution is 2.40. The lowest BCUT2D eigenvalue weighted by atomic mass is 9.78. The summed E-state index contributed by atoms with van der Waals surface area (Å²) in [5.41, 5.74) is 2.65. The number of esters is 1. The molecule has 1 aromatic rings. The van der Waals surface area contributed by atoms with Crippen LogP contribution in [0.25, 0.3) is 0 Å². The lowest BCUT2D eigenvalue weighted by Crippen LogP contribution is -2.18. The summed E-state index contributed by atoms with van der Waals surface area (Å²) in [4.78, 5) is 12.3. The number of unbranched alkanes of at least 4 members (excludes halogenated alkanes) is 12. The molecule has 0 amide bonds. The maximum Gasteiger partial charge on any atom is 0.306 e. The van der Waals surface area contributed by atoms with E-state index >= 15 is 0 Å². The first-order valence-corrected chi connectivity index (χ1v) is 15.6. The van der Waals surface area contributed by atoms with E-state index in [9.17, 15) is 9.90 Å². The van der Waals surface area contributed by atoms with Crippen molar-refractivity contribution in [1.29, 1.82) is 0 Å². The Balaban J connectivity index is 2.17. The van der Waals surface area contributed by atoms with Gasteiger partial charge in [-0.1, -0.05) is 131 Å². The van der Waals surface area contributed by atoms with Gasteiger partial charge in [-0.3, -0.25) is 4.79 Å². The van der Waals surface area contributed by atoms with Gasteiger partial charge in [-0.25, -0.2) is 0 Å². The van der Waals surface area contributed by atoms with E-state index in [1.807, 2.05) is 0 Å². The molecular weight excluding hydrogens is 468 g/mol. The second-order valence-corrected chi connectivity index (χ2v) is 13.2. The summed E-state index contributed by atoms with van der Waals surface area (Å²) in [6, 6.07) is 4.12. The number of rotatable bonds is 19. The SMILES string of the molecule is CCCCCCCC/C=C/CCCCCCCCOC(=O)CCc1cc(C(C)(C)C)c(O)c(C(C)(C)C)c1. The van der Waals surface area contributed by atoms with Gasteiger partial charge in [0.2, 0.25) is 0 Å². The van der Waals surface area contributed by atoms with Gasteiger partial charge < -0.3 is 9.84 Å². The van der Waals surface area contributed by atoms with E-state index in [0.29, 0.717) is 25.2 Å². The van der Waals surface area contributed by atoms with E-state index in [1.165, 1.54) is 77.0 Å².